The summed E-state index contributed by atoms with van der Waals surface area (Å²) in [6, 6.07) is 0. The SMILES string of the molecule is CC(C)(C)OC(=O)N1CCCn2nc3c(c2C1)C=CCN3C(=O)OC(C)(C)C. The Morgan fingerprint density at radius 1 is 1.00 bits per heavy atom. The standard InChI is InChI=1S/C20H30N4O4/c1-19(2,3)27-17(25)22-10-8-12-24-15(13-22)14-9-7-11-23(16(14)21-24)18(26)28-20(4,5)6/h7,9H,8,10-13H2,1-6H3. The third-order valence-corrected chi connectivity index (χ3v) is 4.31. The highest BCUT2D eigenvalue weighted by atomic mass is 16.6. The summed E-state index contributed by atoms with van der Waals surface area (Å²) < 4.78 is 13.0. The van der Waals surface area contributed by atoms with Gasteiger partial charge in [0.15, 0.2) is 5.82 Å². The van der Waals surface area contributed by atoms with Crippen LogP contribution in [0.3, 0.4) is 0 Å². The van der Waals surface area contributed by atoms with Crippen molar-refractivity contribution in [1.29, 1.82) is 0 Å². The van der Waals surface area contributed by atoms with Crippen LogP contribution in [0.1, 0.15) is 59.2 Å². The smallest absolute Gasteiger partial charge is 0.416 e. The lowest BCUT2D eigenvalue weighted by molar-refractivity contribution is 0.0236. The minimum atomic E-state index is -0.581. The van der Waals surface area contributed by atoms with E-state index in [1.165, 1.54) is 0 Å². The number of carbonyl (C=O) groups excluding carboxylic acids is 2. The Morgan fingerprint density at radius 2 is 1.64 bits per heavy atom. The monoisotopic (exact) mass is 390 g/mol. The second-order valence-electron chi connectivity index (χ2n) is 9.16. The van der Waals surface area contributed by atoms with Crippen LogP contribution in [0.4, 0.5) is 15.4 Å². The van der Waals surface area contributed by atoms with Gasteiger partial charge in [-0.2, -0.15) is 5.10 Å². The highest BCUT2D eigenvalue weighted by Crippen LogP contribution is 2.32. The molecule has 3 rings (SSSR count). The van der Waals surface area contributed by atoms with Crippen LogP contribution in [-0.4, -0.2) is 51.2 Å². The van der Waals surface area contributed by atoms with E-state index in [-0.39, 0.29) is 6.09 Å². The summed E-state index contributed by atoms with van der Waals surface area (Å²) in [6.07, 6.45) is 3.89. The summed E-state index contributed by atoms with van der Waals surface area (Å²) >= 11 is 0. The molecule has 8 heteroatoms. The Kier molecular flexibility index (Phi) is 5.16. The largest absolute Gasteiger partial charge is 0.444 e. The van der Waals surface area contributed by atoms with Crippen molar-refractivity contribution in [2.24, 2.45) is 0 Å². The van der Waals surface area contributed by atoms with Crippen LogP contribution in [-0.2, 0) is 22.6 Å². The molecule has 0 saturated carbocycles. The number of ether oxygens (including phenoxy) is 2. The van der Waals surface area contributed by atoms with Crippen LogP contribution in [0.2, 0.25) is 0 Å². The summed E-state index contributed by atoms with van der Waals surface area (Å²) in [5.74, 6) is 0.581. The first-order valence-corrected chi connectivity index (χ1v) is 9.69. The molecule has 8 nitrogen and oxygen atoms in total. The van der Waals surface area contributed by atoms with Crippen molar-refractivity contribution in [3.05, 3.63) is 17.3 Å². The first-order chi connectivity index (χ1) is 12.9. The first kappa shape index (κ1) is 20.2. The average Bonchev–Trinajstić information content (AvgIpc) is 2.74. The maximum absolute atomic E-state index is 12.6. The molecular formula is C20H30N4O4. The minimum Gasteiger partial charge on any atom is -0.444 e. The molecule has 0 radical (unpaired) electrons. The molecule has 0 N–H and O–H groups in total. The van der Waals surface area contributed by atoms with Crippen LogP contribution in [0.5, 0.6) is 0 Å². The lowest BCUT2D eigenvalue weighted by Gasteiger charge is -2.28. The van der Waals surface area contributed by atoms with E-state index >= 15 is 0 Å². The van der Waals surface area contributed by atoms with Crippen molar-refractivity contribution in [2.45, 2.75) is 72.3 Å². The van der Waals surface area contributed by atoms with Gasteiger partial charge in [0.2, 0.25) is 0 Å². The molecular weight excluding hydrogens is 360 g/mol. The van der Waals surface area contributed by atoms with Crippen LogP contribution < -0.4 is 4.90 Å². The highest BCUT2D eigenvalue weighted by Gasteiger charge is 2.33. The number of fused-ring (bicyclic) bond motifs is 3. The zero-order valence-corrected chi connectivity index (χ0v) is 17.6. The van der Waals surface area contributed by atoms with Gasteiger partial charge >= 0.3 is 12.2 Å². The van der Waals surface area contributed by atoms with Crippen molar-refractivity contribution in [1.82, 2.24) is 14.7 Å². The number of hydrogen-bond acceptors (Lipinski definition) is 5. The minimum absolute atomic E-state index is 0.334. The van der Waals surface area contributed by atoms with Crippen molar-refractivity contribution in [3.8, 4) is 0 Å². The number of rotatable bonds is 0. The van der Waals surface area contributed by atoms with Gasteiger partial charge in [0.25, 0.3) is 0 Å². The number of carbonyl (C=O) groups is 2. The Morgan fingerprint density at radius 3 is 2.29 bits per heavy atom. The maximum atomic E-state index is 12.6. The predicted molar refractivity (Wildman–Crippen MR) is 106 cm³/mol. The third-order valence-electron chi connectivity index (χ3n) is 4.31. The molecule has 0 aliphatic carbocycles. The van der Waals surface area contributed by atoms with Crippen LogP contribution in [0.15, 0.2) is 6.08 Å². The van der Waals surface area contributed by atoms with Gasteiger partial charge in [0, 0.05) is 25.2 Å². The summed E-state index contributed by atoms with van der Waals surface area (Å²) in [4.78, 5) is 28.4. The normalized spacial score (nSPS) is 16.9. The van der Waals surface area contributed by atoms with Gasteiger partial charge in [0.05, 0.1) is 12.2 Å². The molecule has 2 amide bonds. The Hall–Kier alpha value is -2.51. The van der Waals surface area contributed by atoms with Crippen LogP contribution in [0.25, 0.3) is 6.08 Å². The van der Waals surface area contributed by atoms with Gasteiger partial charge in [0.1, 0.15) is 11.2 Å². The van der Waals surface area contributed by atoms with E-state index in [0.29, 0.717) is 32.0 Å². The van der Waals surface area contributed by atoms with E-state index < -0.39 is 17.3 Å². The van der Waals surface area contributed by atoms with E-state index in [2.05, 4.69) is 5.10 Å². The Balaban J connectivity index is 1.87. The van der Waals surface area contributed by atoms with E-state index in [9.17, 15) is 9.59 Å². The molecule has 1 aromatic heterocycles. The Bertz CT molecular complexity index is 798. The number of aromatic nitrogens is 2. The average molecular weight is 390 g/mol. The summed E-state index contributed by atoms with van der Waals surface area (Å²) in [7, 11) is 0. The fourth-order valence-corrected chi connectivity index (χ4v) is 3.21. The molecule has 1 aromatic rings. The molecule has 0 spiro atoms. The molecule has 0 bridgehead atoms. The van der Waals surface area contributed by atoms with Crippen molar-refractivity contribution < 1.29 is 19.1 Å². The molecule has 28 heavy (non-hydrogen) atoms. The maximum Gasteiger partial charge on any atom is 0.416 e. The fraction of sp³-hybridized carbons (Fsp3) is 0.650. The Labute approximate surface area is 166 Å². The number of aryl methyl sites for hydroxylation is 1. The van der Waals surface area contributed by atoms with Crippen molar-refractivity contribution >= 4 is 24.1 Å². The number of nitrogens with zero attached hydrogens (tertiary/aromatic N) is 4. The second kappa shape index (κ2) is 7.14. The van der Waals surface area contributed by atoms with E-state index in [0.717, 1.165) is 17.7 Å². The molecule has 0 unspecified atom stereocenters. The molecule has 2 aliphatic heterocycles. The van der Waals surface area contributed by atoms with Gasteiger partial charge in [-0.25, -0.2) is 9.59 Å². The molecule has 2 aliphatic rings. The zero-order chi connectivity index (χ0) is 20.7. The van der Waals surface area contributed by atoms with Crippen molar-refractivity contribution in [3.63, 3.8) is 0 Å². The molecule has 0 saturated heterocycles. The fourth-order valence-electron chi connectivity index (χ4n) is 3.21. The first-order valence-electron chi connectivity index (χ1n) is 9.69. The third kappa shape index (κ3) is 4.48. The van der Waals surface area contributed by atoms with E-state index in [1.807, 2.05) is 58.4 Å². The summed E-state index contributed by atoms with van der Waals surface area (Å²) in [6.45, 7) is 13.2. The van der Waals surface area contributed by atoms with Gasteiger partial charge in [-0.15, -0.1) is 0 Å². The van der Waals surface area contributed by atoms with Gasteiger partial charge in [-0.05, 0) is 48.0 Å². The van der Waals surface area contributed by atoms with Gasteiger partial charge in [-0.3, -0.25) is 9.58 Å². The number of anilines is 1. The molecule has 154 valence electrons. The zero-order valence-electron chi connectivity index (χ0n) is 17.6. The van der Waals surface area contributed by atoms with E-state index in [4.69, 9.17) is 9.47 Å². The second-order valence-corrected chi connectivity index (χ2v) is 9.16. The highest BCUT2D eigenvalue weighted by molar-refractivity contribution is 5.91. The van der Waals surface area contributed by atoms with Crippen LogP contribution >= 0.6 is 0 Å². The van der Waals surface area contributed by atoms with E-state index in [1.54, 1.807) is 9.80 Å². The predicted octanol–water partition coefficient (Wildman–Crippen LogP) is 3.79. The van der Waals surface area contributed by atoms with Crippen LogP contribution in [0, 0.1) is 0 Å². The number of hydrogen-bond donors (Lipinski definition) is 0. The van der Waals surface area contributed by atoms with Crippen molar-refractivity contribution in [2.75, 3.05) is 18.0 Å². The molecule has 0 atom stereocenters. The van der Waals surface area contributed by atoms with Gasteiger partial charge in [-0.1, -0.05) is 12.2 Å². The lowest BCUT2D eigenvalue weighted by atomic mass is 10.1. The molecule has 0 fully saturated rings. The topological polar surface area (TPSA) is 76.9 Å². The molecule has 3 heterocycles. The quantitative estimate of drug-likeness (QED) is 0.673. The molecule has 0 aromatic carbocycles. The summed E-state index contributed by atoms with van der Waals surface area (Å²) in [5, 5.41) is 4.66. The van der Waals surface area contributed by atoms with Gasteiger partial charge < -0.3 is 14.4 Å². The number of amides is 2. The summed E-state index contributed by atoms with van der Waals surface area (Å²) in [5.41, 5.74) is 0.634. The lowest BCUT2D eigenvalue weighted by Crippen LogP contribution is -2.38.